The van der Waals surface area contributed by atoms with Gasteiger partial charge >= 0.3 is 5.97 Å². The maximum atomic E-state index is 10.3. The van der Waals surface area contributed by atoms with Crippen molar-refractivity contribution < 1.29 is 15.0 Å². The zero-order valence-corrected chi connectivity index (χ0v) is 8.46. The number of hydrogen-bond donors (Lipinski definition) is 2. The van der Waals surface area contributed by atoms with Crippen LogP contribution in [0.2, 0.25) is 10.0 Å². The quantitative estimate of drug-likeness (QED) is 0.840. The van der Waals surface area contributed by atoms with Gasteiger partial charge in [0.25, 0.3) is 0 Å². The van der Waals surface area contributed by atoms with Gasteiger partial charge in [0, 0.05) is 18.0 Å². The summed E-state index contributed by atoms with van der Waals surface area (Å²) in [4.78, 5) is 14.0. The number of carbonyl (C=O) groups is 1. The molecule has 1 aromatic heterocycles. The van der Waals surface area contributed by atoms with Crippen LogP contribution in [0.1, 0.15) is 18.1 Å². The van der Waals surface area contributed by atoms with Crippen molar-refractivity contribution in [2.45, 2.75) is 12.5 Å². The molecular formula is C8H7Cl2NO3. The maximum absolute atomic E-state index is 10.3. The molecule has 0 aliphatic rings. The minimum Gasteiger partial charge on any atom is -0.481 e. The summed E-state index contributed by atoms with van der Waals surface area (Å²) in [5, 5.41) is 18.3. The molecule has 0 radical (unpaired) electrons. The topological polar surface area (TPSA) is 70.4 Å². The second kappa shape index (κ2) is 4.59. The van der Waals surface area contributed by atoms with Crippen LogP contribution in [0.3, 0.4) is 0 Å². The van der Waals surface area contributed by atoms with Gasteiger partial charge in [-0.05, 0) is 0 Å². The van der Waals surface area contributed by atoms with Crippen molar-refractivity contribution in [2.75, 3.05) is 0 Å². The van der Waals surface area contributed by atoms with Gasteiger partial charge in [0.15, 0.2) is 0 Å². The second-order valence-corrected chi connectivity index (χ2v) is 3.44. The van der Waals surface area contributed by atoms with E-state index in [2.05, 4.69) is 4.98 Å². The van der Waals surface area contributed by atoms with Crippen molar-refractivity contribution in [3.63, 3.8) is 0 Å². The first-order valence-corrected chi connectivity index (χ1v) is 4.46. The summed E-state index contributed by atoms with van der Waals surface area (Å²) in [6, 6.07) is 0. The van der Waals surface area contributed by atoms with E-state index in [0.717, 1.165) is 0 Å². The number of rotatable bonds is 3. The molecule has 1 aromatic rings. The van der Waals surface area contributed by atoms with E-state index in [1.807, 2.05) is 0 Å². The molecule has 0 aliphatic heterocycles. The second-order valence-electron chi connectivity index (χ2n) is 2.63. The molecule has 1 heterocycles. The maximum Gasteiger partial charge on any atom is 0.306 e. The number of carboxylic acid groups (broad SMARTS) is 1. The third kappa shape index (κ3) is 2.57. The van der Waals surface area contributed by atoms with Crippen LogP contribution in [0, 0.1) is 0 Å². The predicted octanol–water partition coefficient (Wildman–Crippen LogP) is 1.90. The van der Waals surface area contributed by atoms with Crippen LogP contribution in [0.25, 0.3) is 0 Å². The Morgan fingerprint density at radius 2 is 1.93 bits per heavy atom. The fourth-order valence-electron chi connectivity index (χ4n) is 1.01. The summed E-state index contributed by atoms with van der Waals surface area (Å²) in [5.41, 5.74) is 0.200. The van der Waals surface area contributed by atoms with Crippen LogP contribution in [-0.2, 0) is 4.79 Å². The van der Waals surface area contributed by atoms with Crippen molar-refractivity contribution in [1.29, 1.82) is 0 Å². The third-order valence-electron chi connectivity index (χ3n) is 1.59. The minimum atomic E-state index is -1.21. The summed E-state index contributed by atoms with van der Waals surface area (Å²) in [7, 11) is 0. The zero-order chi connectivity index (χ0) is 10.7. The van der Waals surface area contributed by atoms with Crippen LogP contribution >= 0.6 is 23.2 Å². The molecule has 0 bridgehead atoms. The fraction of sp³-hybridized carbons (Fsp3) is 0.250. The van der Waals surface area contributed by atoms with E-state index in [0.29, 0.717) is 0 Å². The molecule has 0 aliphatic carbocycles. The fourth-order valence-corrected chi connectivity index (χ4v) is 1.62. The summed E-state index contributed by atoms with van der Waals surface area (Å²) >= 11 is 11.4. The Balaban J connectivity index is 2.99. The Hall–Kier alpha value is -0.840. The molecule has 0 unspecified atom stereocenters. The molecule has 0 amide bonds. The average molecular weight is 236 g/mol. The molecule has 76 valence electrons. The molecule has 0 fully saturated rings. The Morgan fingerprint density at radius 1 is 1.43 bits per heavy atom. The van der Waals surface area contributed by atoms with Gasteiger partial charge in [-0.15, -0.1) is 0 Å². The molecule has 6 heteroatoms. The lowest BCUT2D eigenvalue weighted by Gasteiger charge is -2.11. The normalized spacial score (nSPS) is 12.5. The van der Waals surface area contributed by atoms with Crippen molar-refractivity contribution in [3.8, 4) is 0 Å². The highest BCUT2D eigenvalue weighted by molar-refractivity contribution is 6.35. The molecule has 4 nitrogen and oxygen atoms in total. The molecule has 0 aromatic carbocycles. The average Bonchev–Trinajstić information content (AvgIpc) is 2.01. The number of aromatic nitrogens is 1. The SMILES string of the molecule is O=C(O)C[C@@H](O)c1c(Cl)cncc1Cl. The number of aliphatic hydroxyl groups is 1. The van der Waals surface area contributed by atoms with Gasteiger partial charge in [0.1, 0.15) is 0 Å². The van der Waals surface area contributed by atoms with Crippen LogP contribution in [0.4, 0.5) is 0 Å². The Bertz CT molecular complexity index is 336. The van der Waals surface area contributed by atoms with E-state index in [1.165, 1.54) is 12.4 Å². The van der Waals surface area contributed by atoms with Gasteiger partial charge in [-0.25, -0.2) is 0 Å². The summed E-state index contributed by atoms with van der Waals surface area (Å²) in [6.07, 6.45) is 0.945. The first kappa shape index (κ1) is 11.2. The van der Waals surface area contributed by atoms with Crippen LogP contribution in [-0.4, -0.2) is 21.2 Å². The third-order valence-corrected chi connectivity index (χ3v) is 2.19. The molecule has 0 saturated heterocycles. The van der Waals surface area contributed by atoms with E-state index in [-0.39, 0.29) is 15.6 Å². The minimum absolute atomic E-state index is 0.159. The number of pyridine rings is 1. The standard InChI is InChI=1S/C8H7Cl2NO3/c9-4-2-11-3-5(10)8(4)6(12)1-7(13)14/h2-3,6,12H,1H2,(H,13,14)/t6-/m1/s1. The van der Waals surface area contributed by atoms with Crippen molar-refractivity contribution in [1.82, 2.24) is 4.98 Å². The van der Waals surface area contributed by atoms with Gasteiger partial charge in [0.05, 0.1) is 22.6 Å². The van der Waals surface area contributed by atoms with E-state index < -0.39 is 18.5 Å². The zero-order valence-electron chi connectivity index (χ0n) is 6.94. The first-order valence-electron chi connectivity index (χ1n) is 3.71. The lowest BCUT2D eigenvalue weighted by molar-refractivity contribution is -0.139. The van der Waals surface area contributed by atoms with Gasteiger partial charge in [-0.3, -0.25) is 9.78 Å². The Labute approximate surface area is 90.1 Å². The lowest BCUT2D eigenvalue weighted by atomic mass is 10.1. The molecule has 0 saturated carbocycles. The molecule has 0 spiro atoms. The Kier molecular flexibility index (Phi) is 3.69. The molecule has 1 atom stereocenters. The Morgan fingerprint density at radius 3 is 2.36 bits per heavy atom. The van der Waals surface area contributed by atoms with Gasteiger partial charge in [0.2, 0.25) is 0 Å². The summed E-state index contributed by atoms with van der Waals surface area (Å²) in [5.74, 6) is -1.12. The van der Waals surface area contributed by atoms with Gasteiger partial charge < -0.3 is 10.2 Å². The first-order chi connectivity index (χ1) is 6.52. The number of hydrogen-bond acceptors (Lipinski definition) is 3. The predicted molar refractivity (Wildman–Crippen MR) is 51.5 cm³/mol. The van der Waals surface area contributed by atoms with Crippen molar-refractivity contribution in [2.24, 2.45) is 0 Å². The van der Waals surface area contributed by atoms with E-state index in [9.17, 15) is 9.90 Å². The highest BCUT2D eigenvalue weighted by Gasteiger charge is 2.18. The van der Waals surface area contributed by atoms with Crippen molar-refractivity contribution >= 4 is 29.2 Å². The summed E-state index contributed by atoms with van der Waals surface area (Å²) < 4.78 is 0. The smallest absolute Gasteiger partial charge is 0.306 e. The van der Waals surface area contributed by atoms with Crippen LogP contribution in [0.5, 0.6) is 0 Å². The van der Waals surface area contributed by atoms with Crippen molar-refractivity contribution in [3.05, 3.63) is 28.0 Å². The van der Waals surface area contributed by atoms with Crippen LogP contribution < -0.4 is 0 Å². The lowest BCUT2D eigenvalue weighted by Crippen LogP contribution is -2.06. The monoisotopic (exact) mass is 235 g/mol. The molecule has 2 N–H and O–H groups in total. The van der Waals surface area contributed by atoms with E-state index >= 15 is 0 Å². The largest absolute Gasteiger partial charge is 0.481 e. The number of halogens is 2. The molecule has 1 rings (SSSR count). The highest BCUT2D eigenvalue weighted by Crippen LogP contribution is 2.30. The summed E-state index contributed by atoms with van der Waals surface area (Å²) in [6.45, 7) is 0. The van der Waals surface area contributed by atoms with Crippen LogP contribution in [0.15, 0.2) is 12.4 Å². The molecular weight excluding hydrogens is 229 g/mol. The number of aliphatic carboxylic acids is 1. The highest BCUT2D eigenvalue weighted by atomic mass is 35.5. The number of aliphatic hydroxyl groups excluding tert-OH is 1. The van der Waals surface area contributed by atoms with Gasteiger partial charge in [-0.1, -0.05) is 23.2 Å². The number of carboxylic acids is 1. The molecule has 14 heavy (non-hydrogen) atoms. The van der Waals surface area contributed by atoms with Gasteiger partial charge in [-0.2, -0.15) is 0 Å². The number of nitrogens with zero attached hydrogens (tertiary/aromatic N) is 1. The van der Waals surface area contributed by atoms with E-state index in [4.69, 9.17) is 28.3 Å². The van der Waals surface area contributed by atoms with E-state index in [1.54, 1.807) is 0 Å².